The molecule has 0 amide bonds. The first-order chi connectivity index (χ1) is 8.08. The second kappa shape index (κ2) is 5.07. The molecule has 0 bridgehead atoms. The fourth-order valence-corrected chi connectivity index (χ4v) is 2.54. The Morgan fingerprint density at radius 1 is 1.47 bits per heavy atom. The van der Waals surface area contributed by atoms with Gasteiger partial charge in [0.05, 0.1) is 0 Å². The third-order valence-electron chi connectivity index (χ3n) is 3.90. The van der Waals surface area contributed by atoms with Crippen molar-refractivity contribution in [1.82, 2.24) is 4.90 Å². The van der Waals surface area contributed by atoms with E-state index in [1.807, 2.05) is 12.1 Å². The summed E-state index contributed by atoms with van der Waals surface area (Å²) in [6.45, 7) is 6.49. The highest BCUT2D eigenvalue weighted by atomic mass is 16.3. The van der Waals surface area contributed by atoms with Gasteiger partial charge >= 0.3 is 0 Å². The zero-order chi connectivity index (χ0) is 12.4. The molecular weight excluding hydrogens is 212 g/mol. The Bertz CT molecular complexity index is 380. The number of piperidine rings is 1. The molecule has 17 heavy (non-hydrogen) atoms. The Hall–Kier alpha value is -1.06. The van der Waals surface area contributed by atoms with Crippen LogP contribution in [-0.2, 0) is 0 Å². The molecule has 1 aliphatic rings. The molecule has 1 fully saturated rings. The highest BCUT2D eigenvalue weighted by Crippen LogP contribution is 2.27. The van der Waals surface area contributed by atoms with Gasteiger partial charge in [0.25, 0.3) is 0 Å². The predicted octanol–water partition coefficient (Wildman–Crippen LogP) is 2.12. The lowest BCUT2D eigenvalue weighted by Crippen LogP contribution is -2.46. The standard InChI is InChI=1S/C14H22N2O/c1-10-9-16(7-6-14(10)15)11(2)12-4-3-5-13(17)8-12/h3-5,8,10-11,14,17H,6-7,9,15H2,1-2H3. The van der Waals surface area contributed by atoms with E-state index in [4.69, 9.17) is 5.73 Å². The van der Waals surface area contributed by atoms with Gasteiger partial charge in [-0.1, -0.05) is 19.1 Å². The maximum absolute atomic E-state index is 9.52. The molecule has 2 rings (SSSR count). The van der Waals surface area contributed by atoms with Crippen molar-refractivity contribution < 1.29 is 5.11 Å². The molecule has 0 aliphatic carbocycles. The van der Waals surface area contributed by atoms with Crippen molar-refractivity contribution in [3.8, 4) is 5.75 Å². The molecular formula is C14H22N2O. The molecule has 3 atom stereocenters. The molecule has 3 heteroatoms. The summed E-state index contributed by atoms with van der Waals surface area (Å²) in [5.41, 5.74) is 7.21. The number of aromatic hydroxyl groups is 1. The summed E-state index contributed by atoms with van der Waals surface area (Å²) < 4.78 is 0. The van der Waals surface area contributed by atoms with E-state index in [1.165, 1.54) is 5.56 Å². The smallest absolute Gasteiger partial charge is 0.115 e. The summed E-state index contributed by atoms with van der Waals surface area (Å²) in [7, 11) is 0. The van der Waals surface area contributed by atoms with Crippen LogP contribution in [0.1, 0.15) is 31.9 Å². The predicted molar refractivity (Wildman–Crippen MR) is 69.9 cm³/mol. The first-order valence-electron chi connectivity index (χ1n) is 6.36. The van der Waals surface area contributed by atoms with Gasteiger partial charge in [0.15, 0.2) is 0 Å². The highest BCUT2D eigenvalue weighted by Gasteiger charge is 2.26. The third kappa shape index (κ3) is 2.79. The number of hydrogen-bond donors (Lipinski definition) is 2. The molecule has 1 aromatic carbocycles. The van der Waals surface area contributed by atoms with E-state index in [0.717, 1.165) is 19.5 Å². The van der Waals surface area contributed by atoms with E-state index in [2.05, 4.69) is 24.8 Å². The van der Waals surface area contributed by atoms with E-state index >= 15 is 0 Å². The first kappa shape index (κ1) is 12.4. The number of hydrogen-bond acceptors (Lipinski definition) is 3. The van der Waals surface area contributed by atoms with Crippen LogP contribution in [0.3, 0.4) is 0 Å². The summed E-state index contributed by atoms with van der Waals surface area (Å²) in [5.74, 6) is 0.889. The summed E-state index contributed by atoms with van der Waals surface area (Å²) in [4.78, 5) is 2.45. The summed E-state index contributed by atoms with van der Waals surface area (Å²) in [6.07, 6.45) is 1.06. The van der Waals surface area contributed by atoms with Crippen molar-refractivity contribution >= 4 is 0 Å². The van der Waals surface area contributed by atoms with E-state index < -0.39 is 0 Å². The lowest BCUT2D eigenvalue weighted by molar-refractivity contribution is 0.124. The zero-order valence-corrected chi connectivity index (χ0v) is 10.6. The van der Waals surface area contributed by atoms with Crippen molar-refractivity contribution in [2.45, 2.75) is 32.4 Å². The van der Waals surface area contributed by atoms with Crippen LogP contribution < -0.4 is 5.73 Å². The van der Waals surface area contributed by atoms with Gasteiger partial charge in [-0.15, -0.1) is 0 Å². The van der Waals surface area contributed by atoms with Gasteiger partial charge in [-0.2, -0.15) is 0 Å². The van der Waals surface area contributed by atoms with Gasteiger partial charge in [0, 0.05) is 25.2 Å². The van der Waals surface area contributed by atoms with Crippen LogP contribution in [-0.4, -0.2) is 29.1 Å². The number of likely N-dealkylation sites (tertiary alicyclic amines) is 1. The van der Waals surface area contributed by atoms with Crippen LogP contribution in [0.25, 0.3) is 0 Å². The Kier molecular flexibility index (Phi) is 3.69. The maximum atomic E-state index is 9.52. The number of benzene rings is 1. The number of phenols is 1. The van der Waals surface area contributed by atoms with Crippen molar-refractivity contribution in [2.24, 2.45) is 11.7 Å². The lowest BCUT2D eigenvalue weighted by atomic mass is 9.92. The molecule has 1 saturated heterocycles. The fraction of sp³-hybridized carbons (Fsp3) is 0.571. The van der Waals surface area contributed by atoms with Gasteiger partial charge in [-0.3, -0.25) is 4.90 Å². The van der Waals surface area contributed by atoms with Crippen LogP contribution >= 0.6 is 0 Å². The van der Waals surface area contributed by atoms with E-state index in [9.17, 15) is 5.11 Å². The summed E-state index contributed by atoms with van der Waals surface area (Å²) >= 11 is 0. The normalized spacial score (nSPS) is 27.9. The molecule has 3 nitrogen and oxygen atoms in total. The Morgan fingerprint density at radius 2 is 2.24 bits per heavy atom. The molecule has 0 spiro atoms. The molecule has 1 aliphatic heterocycles. The van der Waals surface area contributed by atoms with Crippen LogP contribution in [0.4, 0.5) is 0 Å². The monoisotopic (exact) mass is 234 g/mol. The molecule has 3 N–H and O–H groups in total. The molecule has 0 radical (unpaired) electrons. The minimum atomic E-state index is 0.336. The molecule has 94 valence electrons. The van der Waals surface area contributed by atoms with Gasteiger partial charge in [-0.05, 0) is 37.0 Å². The summed E-state index contributed by atoms with van der Waals surface area (Å²) in [6, 6.07) is 8.22. The van der Waals surface area contributed by atoms with Crippen LogP contribution in [0.5, 0.6) is 5.75 Å². The van der Waals surface area contributed by atoms with Crippen LogP contribution in [0.15, 0.2) is 24.3 Å². The largest absolute Gasteiger partial charge is 0.508 e. The van der Waals surface area contributed by atoms with Crippen molar-refractivity contribution in [3.63, 3.8) is 0 Å². The Morgan fingerprint density at radius 3 is 2.88 bits per heavy atom. The van der Waals surface area contributed by atoms with E-state index in [0.29, 0.717) is 23.8 Å². The fourth-order valence-electron chi connectivity index (χ4n) is 2.54. The van der Waals surface area contributed by atoms with Crippen molar-refractivity contribution in [1.29, 1.82) is 0 Å². The zero-order valence-electron chi connectivity index (χ0n) is 10.6. The molecule has 1 heterocycles. The number of nitrogens with two attached hydrogens (primary N) is 1. The second-order valence-electron chi connectivity index (χ2n) is 5.20. The minimum absolute atomic E-state index is 0.336. The average molecular weight is 234 g/mol. The van der Waals surface area contributed by atoms with E-state index in [-0.39, 0.29) is 0 Å². The second-order valence-corrected chi connectivity index (χ2v) is 5.20. The van der Waals surface area contributed by atoms with Crippen LogP contribution in [0, 0.1) is 5.92 Å². The molecule has 3 unspecified atom stereocenters. The number of rotatable bonds is 2. The number of nitrogens with zero attached hydrogens (tertiary/aromatic N) is 1. The maximum Gasteiger partial charge on any atom is 0.115 e. The topological polar surface area (TPSA) is 49.5 Å². The van der Waals surface area contributed by atoms with Crippen molar-refractivity contribution in [3.05, 3.63) is 29.8 Å². The van der Waals surface area contributed by atoms with Gasteiger partial charge < -0.3 is 10.8 Å². The molecule has 1 aromatic rings. The highest BCUT2D eigenvalue weighted by molar-refractivity contribution is 5.29. The van der Waals surface area contributed by atoms with E-state index in [1.54, 1.807) is 6.07 Å². The van der Waals surface area contributed by atoms with Crippen molar-refractivity contribution in [2.75, 3.05) is 13.1 Å². The first-order valence-corrected chi connectivity index (χ1v) is 6.36. The third-order valence-corrected chi connectivity index (χ3v) is 3.90. The van der Waals surface area contributed by atoms with Crippen LogP contribution in [0.2, 0.25) is 0 Å². The SMILES string of the molecule is CC1CN(C(C)c2cccc(O)c2)CCC1N. The minimum Gasteiger partial charge on any atom is -0.508 e. The number of phenolic OH excluding ortho intramolecular Hbond substituents is 1. The van der Waals surface area contributed by atoms with Gasteiger partial charge in [-0.25, -0.2) is 0 Å². The Labute approximate surface area is 103 Å². The average Bonchev–Trinajstić information content (AvgIpc) is 2.32. The van der Waals surface area contributed by atoms with Gasteiger partial charge in [0.2, 0.25) is 0 Å². The summed E-state index contributed by atoms with van der Waals surface area (Å²) in [5, 5.41) is 9.52. The molecule has 0 saturated carbocycles. The molecule has 0 aromatic heterocycles. The quantitative estimate of drug-likeness (QED) is 0.824. The lowest BCUT2D eigenvalue weighted by Gasteiger charge is -2.38. The van der Waals surface area contributed by atoms with Gasteiger partial charge in [0.1, 0.15) is 5.75 Å². The Balaban J connectivity index is 2.07.